The van der Waals surface area contributed by atoms with E-state index in [2.05, 4.69) is 24.4 Å². The van der Waals surface area contributed by atoms with Crippen LogP contribution in [-0.4, -0.2) is 18.6 Å². The molecule has 0 spiro atoms. The fourth-order valence-electron chi connectivity index (χ4n) is 2.92. The van der Waals surface area contributed by atoms with Crippen molar-refractivity contribution in [3.63, 3.8) is 0 Å². The first-order chi connectivity index (χ1) is 11.2. The molecule has 0 saturated heterocycles. The highest BCUT2D eigenvalue weighted by atomic mass is 35.5. The highest BCUT2D eigenvalue weighted by Gasteiger charge is 2.29. The second-order valence-corrected chi connectivity index (χ2v) is 6.26. The van der Waals surface area contributed by atoms with Gasteiger partial charge in [-0.05, 0) is 35.7 Å². The number of carbonyl (C=O) groups excluding carboxylic acids is 1. The minimum Gasteiger partial charge on any atom is -0.480 e. The highest BCUT2D eigenvalue weighted by Crippen LogP contribution is 2.31. The number of hydrogen-bond acceptors (Lipinski definition) is 2. The van der Waals surface area contributed by atoms with Gasteiger partial charge in [0.2, 0.25) is 0 Å². The van der Waals surface area contributed by atoms with Crippen molar-refractivity contribution in [2.24, 2.45) is 0 Å². The molecule has 1 aliphatic heterocycles. The van der Waals surface area contributed by atoms with Gasteiger partial charge in [0.1, 0.15) is 5.75 Å². The summed E-state index contributed by atoms with van der Waals surface area (Å²) in [5.74, 6) is 1.01. The van der Waals surface area contributed by atoms with E-state index in [1.807, 2.05) is 30.3 Å². The third kappa shape index (κ3) is 3.67. The van der Waals surface area contributed by atoms with Crippen LogP contribution in [-0.2, 0) is 11.2 Å². The molecule has 1 N–H and O–H groups in total. The molecule has 120 valence electrons. The molecule has 2 aromatic carbocycles. The van der Waals surface area contributed by atoms with Gasteiger partial charge >= 0.3 is 0 Å². The molecule has 4 heteroatoms. The summed E-state index contributed by atoms with van der Waals surface area (Å²) in [6.07, 6.45) is 1.09. The lowest BCUT2D eigenvalue weighted by Gasteiger charge is -2.18. The van der Waals surface area contributed by atoms with Gasteiger partial charge in [-0.15, -0.1) is 0 Å². The Morgan fingerprint density at radius 2 is 2.09 bits per heavy atom. The molecule has 3 nitrogen and oxygen atoms in total. The van der Waals surface area contributed by atoms with Crippen LogP contribution in [0.5, 0.6) is 5.75 Å². The molecule has 3 rings (SSSR count). The zero-order valence-electron chi connectivity index (χ0n) is 13.1. The lowest BCUT2D eigenvalue weighted by molar-refractivity contribution is -0.127. The van der Waals surface area contributed by atoms with Gasteiger partial charge in [0, 0.05) is 23.9 Å². The number of ether oxygens (including phenoxy) is 1. The molecule has 0 unspecified atom stereocenters. The van der Waals surface area contributed by atoms with Gasteiger partial charge in [-0.25, -0.2) is 0 Å². The van der Waals surface area contributed by atoms with Crippen molar-refractivity contribution in [2.75, 3.05) is 6.54 Å². The number of benzene rings is 2. The molecular weight excluding hydrogens is 310 g/mol. The van der Waals surface area contributed by atoms with Gasteiger partial charge in [-0.2, -0.15) is 0 Å². The van der Waals surface area contributed by atoms with Crippen LogP contribution >= 0.6 is 11.6 Å². The van der Waals surface area contributed by atoms with E-state index in [9.17, 15) is 4.79 Å². The Morgan fingerprint density at radius 3 is 2.83 bits per heavy atom. The summed E-state index contributed by atoms with van der Waals surface area (Å²) >= 11 is 5.98. The third-order valence-electron chi connectivity index (χ3n) is 4.28. The van der Waals surface area contributed by atoms with E-state index in [4.69, 9.17) is 16.3 Å². The average Bonchev–Trinajstić information content (AvgIpc) is 2.99. The monoisotopic (exact) mass is 329 g/mol. The lowest BCUT2D eigenvalue weighted by Crippen LogP contribution is -2.39. The molecule has 2 atom stereocenters. The van der Waals surface area contributed by atoms with Crippen LogP contribution in [0.25, 0.3) is 0 Å². The van der Waals surface area contributed by atoms with E-state index in [0.717, 1.165) is 17.7 Å². The van der Waals surface area contributed by atoms with Gasteiger partial charge in [0.05, 0.1) is 0 Å². The SMILES string of the molecule is CC[C@@H](CNC(=O)[C@@H]1Cc2cc(Cl)ccc2O1)c1ccccc1. The molecule has 0 bridgehead atoms. The number of rotatable bonds is 5. The zero-order chi connectivity index (χ0) is 16.2. The second kappa shape index (κ2) is 7.05. The maximum atomic E-state index is 12.4. The molecule has 23 heavy (non-hydrogen) atoms. The molecular formula is C19H20ClNO2. The van der Waals surface area contributed by atoms with E-state index in [1.165, 1.54) is 5.56 Å². The minimum absolute atomic E-state index is 0.0632. The van der Waals surface area contributed by atoms with Crippen molar-refractivity contribution >= 4 is 17.5 Å². The third-order valence-corrected chi connectivity index (χ3v) is 4.51. The molecule has 1 heterocycles. The average molecular weight is 330 g/mol. The number of fused-ring (bicyclic) bond motifs is 1. The predicted molar refractivity (Wildman–Crippen MR) is 92.1 cm³/mol. The Bertz CT molecular complexity index is 687. The quantitative estimate of drug-likeness (QED) is 0.902. The summed E-state index contributed by atoms with van der Waals surface area (Å²) in [5, 5.41) is 3.70. The van der Waals surface area contributed by atoms with Crippen LogP contribution in [0.3, 0.4) is 0 Å². The minimum atomic E-state index is -0.461. The van der Waals surface area contributed by atoms with Crippen LogP contribution in [0, 0.1) is 0 Å². The maximum Gasteiger partial charge on any atom is 0.261 e. The molecule has 0 radical (unpaired) electrons. The summed E-state index contributed by atoms with van der Waals surface area (Å²) in [4.78, 5) is 12.4. The Morgan fingerprint density at radius 1 is 1.30 bits per heavy atom. The molecule has 1 amide bonds. The van der Waals surface area contributed by atoms with Gasteiger partial charge in [0.25, 0.3) is 5.91 Å². The summed E-state index contributed by atoms with van der Waals surface area (Å²) in [6, 6.07) is 15.7. The second-order valence-electron chi connectivity index (χ2n) is 5.82. The van der Waals surface area contributed by atoms with Crippen molar-refractivity contribution < 1.29 is 9.53 Å². The van der Waals surface area contributed by atoms with Crippen molar-refractivity contribution in [1.82, 2.24) is 5.32 Å². The predicted octanol–water partition coefficient (Wildman–Crippen LogP) is 3.95. The maximum absolute atomic E-state index is 12.4. The topological polar surface area (TPSA) is 38.3 Å². The number of hydrogen-bond donors (Lipinski definition) is 1. The molecule has 1 aliphatic rings. The normalized spacial score (nSPS) is 17.2. The lowest BCUT2D eigenvalue weighted by atomic mass is 9.96. The number of halogens is 1. The fraction of sp³-hybridized carbons (Fsp3) is 0.316. The molecule has 0 saturated carbocycles. The number of nitrogens with one attached hydrogen (secondary N) is 1. The summed E-state index contributed by atoms with van der Waals surface area (Å²) in [6.45, 7) is 2.75. The van der Waals surface area contributed by atoms with E-state index in [0.29, 0.717) is 23.9 Å². The van der Waals surface area contributed by atoms with Crippen LogP contribution in [0.4, 0.5) is 0 Å². The van der Waals surface area contributed by atoms with E-state index < -0.39 is 6.10 Å². The van der Waals surface area contributed by atoms with Gasteiger partial charge in [-0.1, -0.05) is 48.9 Å². The van der Waals surface area contributed by atoms with Gasteiger partial charge in [0.15, 0.2) is 6.10 Å². The van der Waals surface area contributed by atoms with Crippen LogP contribution in [0.15, 0.2) is 48.5 Å². The summed E-state index contributed by atoms with van der Waals surface area (Å²) in [5.41, 5.74) is 2.24. The van der Waals surface area contributed by atoms with E-state index >= 15 is 0 Å². The Balaban J connectivity index is 1.58. The summed E-state index contributed by atoms with van der Waals surface area (Å²) < 4.78 is 5.72. The first kappa shape index (κ1) is 15.9. The standard InChI is InChI=1S/C19H20ClNO2/c1-2-13(14-6-4-3-5-7-14)12-21-19(22)18-11-15-10-16(20)8-9-17(15)23-18/h3-10,13,18H,2,11-12H2,1H3,(H,21,22)/t13-,18-/m0/s1. The number of carbonyl (C=O) groups is 1. The largest absolute Gasteiger partial charge is 0.480 e. The first-order valence-electron chi connectivity index (χ1n) is 7.95. The van der Waals surface area contributed by atoms with Crippen LogP contribution in [0.1, 0.15) is 30.4 Å². The fourth-order valence-corrected chi connectivity index (χ4v) is 3.12. The van der Waals surface area contributed by atoms with Crippen molar-refractivity contribution in [3.05, 3.63) is 64.7 Å². The Hall–Kier alpha value is -2.00. The van der Waals surface area contributed by atoms with Crippen molar-refractivity contribution in [1.29, 1.82) is 0 Å². The zero-order valence-corrected chi connectivity index (χ0v) is 13.8. The molecule has 0 fully saturated rings. The Kier molecular flexibility index (Phi) is 4.87. The van der Waals surface area contributed by atoms with Crippen molar-refractivity contribution in [3.8, 4) is 5.75 Å². The smallest absolute Gasteiger partial charge is 0.261 e. The van der Waals surface area contributed by atoms with E-state index in [1.54, 1.807) is 6.07 Å². The number of amides is 1. The van der Waals surface area contributed by atoms with Gasteiger partial charge < -0.3 is 10.1 Å². The van der Waals surface area contributed by atoms with Crippen LogP contribution in [0.2, 0.25) is 5.02 Å². The molecule has 2 aromatic rings. The first-order valence-corrected chi connectivity index (χ1v) is 8.33. The van der Waals surface area contributed by atoms with Crippen LogP contribution < -0.4 is 10.1 Å². The highest BCUT2D eigenvalue weighted by molar-refractivity contribution is 6.30. The van der Waals surface area contributed by atoms with E-state index in [-0.39, 0.29) is 5.91 Å². The molecule has 0 aromatic heterocycles. The van der Waals surface area contributed by atoms with Gasteiger partial charge in [-0.3, -0.25) is 4.79 Å². The summed E-state index contributed by atoms with van der Waals surface area (Å²) in [7, 11) is 0. The Labute approximate surface area is 141 Å². The molecule has 0 aliphatic carbocycles. The van der Waals surface area contributed by atoms with Crippen molar-refractivity contribution in [2.45, 2.75) is 31.8 Å².